The number of halogens is 2. The van der Waals surface area contributed by atoms with Crippen molar-refractivity contribution < 1.29 is 9.13 Å². The standard InChI is InChI=1S/C15H13ClFNOS/c16-11-5-9-3-4-19-15(9)10(6-11)8-20-12-1-2-14(18)13(17)7-12/h1-2,5-7H,3-4,8,18H2. The second kappa shape index (κ2) is 5.54. The fraction of sp³-hybridized carbons (Fsp3) is 0.200. The molecule has 0 saturated heterocycles. The predicted molar refractivity (Wildman–Crippen MR) is 81.0 cm³/mol. The van der Waals surface area contributed by atoms with Crippen molar-refractivity contribution in [1.29, 1.82) is 0 Å². The molecule has 0 saturated carbocycles. The van der Waals surface area contributed by atoms with Crippen LogP contribution in [0.2, 0.25) is 5.02 Å². The lowest BCUT2D eigenvalue weighted by molar-refractivity contribution is 0.354. The molecule has 0 aliphatic carbocycles. The molecule has 2 aromatic carbocycles. The largest absolute Gasteiger partial charge is 0.493 e. The molecular weight excluding hydrogens is 297 g/mol. The number of benzene rings is 2. The zero-order chi connectivity index (χ0) is 14.1. The topological polar surface area (TPSA) is 35.2 Å². The first kappa shape index (κ1) is 13.6. The van der Waals surface area contributed by atoms with Crippen LogP contribution in [0.5, 0.6) is 5.75 Å². The van der Waals surface area contributed by atoms with E-state index in [-0.39, 0.29) is 11.5 Å². The van der Waals surface area contributed by atoms with Crippen molar-refractivity contribution in [2.75, 3.05) is 12.3 Å². The molecule has 0 fully saturated rings. The number of thioether (sulfide) groups is 1. The van der Waals surface area contributed by atoms with Gasteiger partial charge in [0.1, 0.15) is 11.6 Å². The molecule has 0 radical (unpaired) electrons. The van der Waals surface area contributed by atoms with E-state index in [0.717, 1.165) is 28.2 Å². The summed E-state index contributed by atoms with van der Waals surface area (Å²) in [6.07, 6.45) is 0.893. The smallest absolute Gasteiger partial charge is 0.147 e. The first-order chi connectivity index (χ1) is 9.63. The molecule has 3 rings (SSSR count). The summed E-state index contributed by atoms with van der Waals surface area (Å²) < 4.78 is 19.1. The first-order valence-corrected chi connectivity index (χ1v) is 7.62. The number of ether oxygens (including phenoxy) is 1. The van der Waals surface area contributed by atoms with Gasteiger partial charge in [-0.05, 0) is 35.9 Å². The van der Waals surface area contributed by atoms with E-state index in [9.17, 15) is 4.39 Å². The number of nitrogen functional groups attached to an aromatic ring is 1. The molecule has 0 aromatic heterocycles. The Morgan fingerprint density at radius 2 is 2.15 bits per heavy atom. The van der Waals surface area contributed by atoms with Crippen LogP contribution in [0, 0.1) is 5.82 Å². The summed E-state index contributed by atoms with van der Waals surface area (Å²) in [4.78, 5) is 0.837. The fourth-order valence-electron chi connectivity index (χ4n) is 2.21. The summed E-state index contributed by atoms with van der Waals surface area (Å²) in [5.74, 6) is 1.23. The molecule has 0 atom stereocenters. The van der Waals surface area contributed by atoms with Crippen molar-refractivity contribution in [3.8, 4) is 5.75 Å². The molecular formula is C15H13ClFNOS. The van der Waals surface area contributed by atoms with Crippen molar-refractivity contribution in [3.05, 3.63) is 52.3 Å². The molecule has 1 aliphatic heterocycles. The third-order valence-corrected chi connectivity index (χ3v) is 4.45. The van der Waals surface area contributed by atoms with Crippen molar-refractivity contribution in [2.45, 2.75) is 17.1 Å². The van der Waals surface area contributed by atoms with E-state index in [1.165, 1.54) is 17.8 Å². The lowest BCUT2D eigenvalue weighted by Gasteiger charge is -2.09. The Morgan fingerprint density at radius 3 is 2.95 bits per heavy atom. The summed E-state index contributed by atoms with van der Waals surface area (Å²) in [6, 6.07) is 8.70. The zero-order valence-electron chi connectivity index (χ0n) is 10.7. The van der Waals surface area contributed by atoms with Crippen LogP contribution in [0.4, 0.5) is 10.1 Å². The van der Waals surface area contributed by atoms with E-state index in [4.69, 9.17) is 22.1 Å². The number of hydrogen-bond acceptors (Lipinski definition) is 3. The molecule has 0 unspecified atom stereocenters. The van der Waals surface area contributed by atoms with Crippen LogP contribution in [0.1, 0.15) is 11.1 Å². The molecule has 20 heavy (non-hydrogen) atoms. The highest BCUT2D eigenvalue weighted by Crippen LogP contribution is 2.36. The number of nitrogens with two attached hydrogens (primary N) is 1. The van der Waals surface area contributed by atoms with Gasteiger partial charge in [-0.25, -0.2) is 4.39 Å². The third kappa shape index (κ3) is 2.72. The van der Waals surface area contributed by atoms with Crippen molar-refractivity contribution in [2.24, 2.45) is 0 Å². The van der Waals surface area contributed by atoms with Gasteiger partial charge in [0.15, 0.2) is 0 Å². The van der Waals surface area contributed by atoms with Crippen LogP contribution in [0.3, 0.4) is 0 Å². The maximum Gasteiger partial charge on any atom is 0.147 e. The Hall–Kier alpha value is -1.39. The van der Waals surface area contributed by atoms with Crippen molar-refractivity contribution in [1.82, 2.24) is 0 Å². The molecule has 0 bridgehead atoms. The van der Waals surface area contributed by atoms with Crippen LogP contribution >= 0.6 is 23.4 Å². The zero-order valence-corrected chi connectivity index (χ0v) is 12.2. The van der Waals surface area contributed by atoms with Gasteiger partial charge in [-0.3, -0.25) is 0 Å². The van der Waals surface area contributed by atoms with E-state index in [1.807, 2.05) is 18.2 Å². The van der Waals surface area contributed by atoms with Crippen LogP contribution in [-0.2, 0) is 12.2 Å². The van der Waals surface area contributed by atoms with Gasteiger partial charge in [0.25, 0.3) is 0 Å². The lowest BCUT2D eigenvalue weighted by atomic mass is 10.1. The maximum absolute atomic E-state index is 13.4. The fourth-order valence-corrected chi connectivity index (χ4v) is 3.36. The Balaban J connectivity index is 1.80. The van der Waals surface area contributed by atoms with E-state index in [1.54, 1.807) is 6.07 Å². The Kier molecular flexibility index (Phi) is 3.76. The second-order valence-corrected chi connectivity index (χ2v) is 6.11. The summed E-state index contributed by atoms with van der Waals surface area (Å²) in [5.41, 5.74) is 7.83. The van der Waals surface area contributed by atoms with Gasteiger partial charge < -0.3 is 10.5 Å². The quantitative estimate of drug-likeness (QED) is 0.678. The molecule has 0 spiro atoms. The number of hydrogen-bond donors (Lipinski definition) is 1. The van der Waals surface area contributed by atoms with Crippen LogP contribution in [-0.4, -0.2) is 6.61 Å². The van der Waals surface area contributed by atoms with Gasteiger partial charge in [0, 0.05) is 27.7 Å². The summed E-state index contributed by atoms with van der Waals surface area (Å²) >= 11 is 7.65. The predicted octanol–water partition coefficient (Wildman–Crippen LogP) is 4.29. The third-order valence-electron chi connectivity index (χ3n) is 3.19. The molecule has 0 amide bonds. The van der Waals surface area contributed by atoms with Gasteiger partial charge in [-0.15, -0.1) is 11.8 Å². The lowest BCUT2D eigenvalue weighted by Crippen LogP contribution is -1.92. The van der Waals surface area contributed by atoms with Gasteiger partial charge in [-0.2, -0.15) is 0 Å². The Bertz CT molecular complexity index is 663. The summed E-state index contributed by atoms with van der Waals surface area (Å²) in [7, 11) is 0. The second-order valence-electron chi connectivity index (χ2n) is 4.62. The van der Waals surface area contributed by atoms with Crippen LogP contribution in [0.25, 0.3) is 0 Å². The average molecular weight is 310 g/mol. The Labute approximate surface area is 126 Å². The monoisotopic (exact) mass is 309 g/mol. The normalized spacial score (nSPS) is 13.1. The molecule has 1 aliphatic rings. The van der Waals surface area contributed by atoms with Gasteiger partial charge in [0.05, 0.1) is 12.3 Å². The van der Waals surface area contributed by atoms with Crippen LogP contribution in [0.15, 0.2) is 35.2 Å². The highest BCUT2D eigenvalue weighted by Gasteiger charge is 2.17. The Morgan fingerprint density at radius 1 is 1.30 bits per heavy atom. The summed E-state index contributed by atoms with van der Waals surface area (Å²) in [5, 5.41) is 0.716. The highest BCUT2D eigenvalue weighted by molar-refractivity contribution is 7.98. The van der Waals surface area contributed by atoms with Gasteiger partial charge in [0.2, 0.25) is 0 Å². The molecule has 2 aromatic rings. The minimum absolute atomic E-state index is 0.168. The molecule has 104 valence electrons. The molecule has 2 N–H and O–H groups in total. The minimum atomic E-state index is -0.387. The molecule has 5 heteroatoms. The first-order valence-electron chi connectivity index (χ1n) is 6.25. The van der Waals surface area contributed by atoms with Crippen molar-refractivity contribution in [3.63, 3.8) is 0 Å². The number of anilines is 1. The van der Waals surface area contributed by atoms with E-state index < -0.39 is 0 Å². The van der Waals surface area contributed by atoms with Crippen molar-refractivity contribution >= 4 is 29.1 Å². The van der Waals surface area contributed by atoms with E-state index in [2.05, 4.69) is 0 Å². The van der Waals surface area contributed by atoms with E-state index >= 15 is 0 Å². The van der Waals surface area contributed by atoms with E-state index in [0.29, 0.717) is 17.4 Å². The molecule has 2 nitrogen and oxygen atoms in total. The number of rotatable bonds is 3. The average Bonchev–Trinajstić information content (AvgIpc) is 2.88. The van der Waals surface area contributed by atoms with Gasteiger partial charge in [-0.1, -0.05) is 11.6 Å². The van der Waals surface area contributed by atoms with Crippen LogP contribution < -0.4 is 10.5 Å². The van der Waals surface area contributed by atoms with Gasteiger partial charge >= 0.3 is 0 Å². The summed E-state index contributed by atoms with van der Waals surface area (Å²) in [6.45, 7) is 0.698. The molecule has 1 heterocycles. The minimum Gasteiger partial charge on any atom is -0.493 e. The maximum atomic E-state index is 13.4. The SMILES string of the molecule is Nc1ccc(SCc2cc(Cl)cc3c2OCC3)cc1F. The number of fused-ring (bicyclic) bond motifs is 1. The highest BCUT2D eigenvalue weighted by atomic mass is 35.5.